The van der Waals surface area contributed by atoms with Crippen LogP contribution in [0.15, 0.2) is 12.3 Å². The van der Waals surface area contributed by atoms with Gasteiger partial charge >= 0.3 is 5.97 Å². The zero-order valence-corrected chi connectivity index (χ0v) is 7.71. The Morgan fingerprint density at radius 2 is 2.33 bits per heavy atom. The lowest BCUT2D eigenvalue weighted by atomic mass is 10.1. The minimum absolute atomic E-state index is 0.362. The first-order valence-corrected chi connectivity index (χ1v) is 4.32. The minimum Gasteiger partial charge on any atom is -0.478 e. The largest absolute Gasteiger partial charge is 0.478 e. The maximum absolute atomic E-state index is 10.1. The van der Waals surface area contributed by atoms with Gasteiger partial charge in [0.2, 0.25) is 0 Å². The number of carboxylic acids is 1. The number of unbranched alkanes of at least 4 members (excludes halogenated alkanes) is 1. The molecule has 0 spiro atoms. The maximum Gasteiger partial charge on any atom is 0.329 e. The van der Waals surface area contributed by atoms with Crippen LogP contribution < -0.4 is 5.32 Å². The molecule has 0 aliphatic rings. The number of carboxylic acid groups (broad SMARTS) is 1. The van der Waals surface area contributed by atoms with Crippen LogP contribution in [0, 0.1) is 0 Å². The number of rotatable bonds is 6. The number of hydrogen-bond acceptors (Lipinski definition) is 2. The molecular weight excluding hydrogens is 154 g/mol. The van der Waals surface area contributed by atoms with Crippen LogP contribution in [-0.2, 0) is 4.79 Å². The summed E-state index contributed by atoms with van der Waals surface area (Å²) in [5.74, 6) is -0.912. The van der Waals surface area contributed by atoms with Gasteiger partial charge in [-0.15, -0.1) is 0 Å². The van der Waals surface area contributed by atoms with Crippen molar-refractivity contribution < 1.29 is 9.90 Å². The van der Waals surface area contributed by atoms with Crippen LogP contribution in [0.4, 0.5) is 0 Å². The third-order valence-corrected chi connectivity index (χ3v) is 1.60. The summed E-state index contributed by atoms with van der Waals surface area (Å²) in [6.45, 7) is 4.18. The van der Waals surface area contributed by atoms with Crippen molar-refractivity contribution in [1.82, 2.24) is 5.32 Å². The Kier molecular flexibility index (Phi) is 6.15. The zero-order chi connectivity index (χ0) is 9.40. The molecule has 0 aromatic carbocycles. The van der Waals surface area contributed by atoms with Crippen molar-refractivity contribution in [3.8, 4) is 0 Å². The summed E-state index contributed by atoms with van der Waals surface area (Å²) in [6.07, 6.45) is 6.04. The fraction of sp³-hybridized carbons (Fsp3) is 0.667. The van der Waals surface area contributed by atoms with E-state index in [1.165, 1.54) is 19.0 Å². The molecule has 0 aromatic heterocycles. The highest BCUT2D eigenvalue weighted by Crippen LogP contribution is 1.98. The summed E-state index contributed by atoms with van der Waals surface area (Å²) < 4.78 is 0. The second-order valence-electron chi connectivity index (χ2n) is 2.88. The third-order valence-electron chi connectivity index (χ3n) is 1.60. The molecule has 1 unspecified atom stereocenters. The van der Waals surface area contributed by atoms with Gasteiger partial charge in [0.05, 0.1) is 0 Å². The van der Waals surface area contributed by atoms with Crippen molar-refractivity contribution >= 4 is 5.97 Å². The SMILES string of the molecule is CCCCC(C)N/C=C/C(=O)O. The van der Waals surface area contributed by atoms with Crippen LogP contribution in [-0.4, -0.2) is 17.1 Å². The van der Waals surface area contributed by atoms with Crippen molar-refractivity contribution in [2.75, 3.05) is 0 Å². The molecule has 3 nitrogen and oxygen atoms in total. The first kappa shape index (κ1) is 11.0. The maximum atomic E-state index is 10.1. The molecule has 0 saturated carbocycles. The summed E-state index contributed by atoms with van der Waals surface area (Å²) in [5.41, 5.74) is 0. The van der Waals surface area contributed by atoms with Crippen molar-refractivity contribution in [2.24, 2.45) is 0 Å². The van der Waals surface area contributed by atoms with Crippen molar-refractivity contribution in [3.63, 3.8) is 0 Å². The molecular formula is C9H17NO2. The molecule has 0 heterocycles. The molecule has 0 saturated heterocycles. The van der Waals surface area contributed by atoms with Crippen LogP contribution in [0.3, 0.4) is 0 Å². The molecule has 0 aromatic rings. The van der Waals surface area contributed by atoms with E-state index in [0.717, 1.165) is 12.5 Å². The standard InChI is InChI=1S/C9H17NO2/c1-3-4-5-8(2)10-7-6-9(11)12/h6-8,10H,3-5H2,1-2H3,(H,11,12)/b7-6+. The smallest absolute Gasteiger partial charge is 0.329 e. The Labute approximate surface area is 73.5 Å². The van der Waals surface area contributed by atoms with Crippen molar-refractivity contribution in [1.29, 1.82) is 0 Å². The van der Waals surface area contributed by atoms with Crippen LogP contribution in [0.25, 0.3) is 0 Å². The van der Waals surface area contributed by atoms with Gasteiger partial charge in [-0.1, -0.05) is 19.8 Å². The second kappa shape index (κ2) is 6.70. The first-order chi connectivity index (χ1) is 5.66. The fourth-order valence-electron chi connectivity index (χ4n) is 0.877. The molecule has 0 aliphatic carbocycles. The Bertz CT molecular complexity index is 155. The summed E-state index contributed by atoms with van der Waals surface area (Å²) in [5, 5.41) is 11.3. The lowest BCUT2D eigenvalue weighted by molar-refractivity contribution is -0.131. The van der Waals surface area contributed by atoms with Gasteiger partial charge in [-0.25, -0.2) is 4.79 Å². The lowest BCUT2D eigenvalue weighted by Crippen LogP contribution is -2.20. The summed E-state index contributed by atoms with van der Waals surface area (Å²) in [7, 11) is 0. The lowest BCUT2D eigenvalue weighted by Gasteiger charge is -2.09. The highest BCUT2D eigenvalue weighted by molar-refractivity contribution is 5.79. The van der Waals surface area contributed by atoms with E-state index in [9.17, 15) is 4.79 Å². The van der Waals surface area contributed by atoms with Crippen molar-refractivity contribution in [2.45, 2.75) is 39.2 Å². The van der Waals surface area contributed by atoms with E-state index in [-0.39, 0.29) is 0 Å². The molecule has 0 amide bonds. The predicted molar refractivity (Wildman–Crippen MR) is 48.9 cm³/mol. The number of aliphatic carboxylic acids is 1. The second-order valence-corrected chi connectivity index (χ2v) is 2.88. The molecule has 1 atom stereocenters. The van der Waals surface area contributed by atoms with Gasteiger partial charge in [-0.3, -0.25) is 0 Å². The summed E-state index contributed by atoms with van der Waals surface area (Å²) in [4.78, 5) is 10.1. The van der Waals surface area contributed by atoms with Crippen LogP contribution in [0.1, 0.15) is 33.1 Å². The number of nitrogens with one attached hydrogen (secondary N) is 1. The summed E-state index contributed by atoms with van der Waals surface area (Å²) >= 11 is 0. The van der Waals surface area contributed by atoms with Gasteiger partial charge in [0, 0.05) is 18.3 Å². The van der Waals surface area contributed by atoms with Gasteiger partial charge in [0.15, 0.2) is 0 Å². The first-order valence-electron chi connectivity index (χ1n) is 4.32. The Balaban J connectivity index is 3.42. The Hall–Kier alpha value is -0.990. The highest BCUT2D eigenvalue weighted by atomic mass is 16.4. The molecule has 0 bridgehead atoms. The average molecular weight is 171 g/mol. The zero-order valence-electron chi connectivity index (χ0n) is 7.71. The molecule has 12 heavy (non-hydrogen) atoms. The predicted octanol–water partition coefficient (Wildman–Crippen LogP) is 1.75. The van der Waals surface area contributed by atoms with Crippen LogP contribution >= 0.6 is 0 Å². The van der Waals surface area contributed by atoms with Gasteiger partial charge in [-0.05, 0) is 13.3 Å². The van der Waals surface area contributed by atoms with E-state index < -0.39 is 5.97 Å². The number of hydrogen-bond donors (Lipinski definition) is 2. The third kappa shape index (κ3) is 7.12. The van der Waals surface area contributed by atoms with E-state index in [1.54, 1.807) is 0 Å². The number of carbonyl (C=O) groups is 1. The van der Waals surface area contributed by atoms with E-state index >= 15 is 0 Å². The molecule has 70 valence electrons. The average Bonchev–Trinajstić information content (AvgIpc) is 2.00. The molecule has 0 radical (unpaired) electrons. The van der Waals surface area contributed by atoms with E-state index in [2.05, 4.69) is 12.2 Å². The topological polar surface area (TPSA) is 49.3 Å². The quantitative estimate of drug-likeness (QED) is 0.598. The van der Waals surface area contributed by atoms with Gasteiger partial charge in [-0.2, -0.15) is 0 Å². The molecule has 3 heteroatoms. The Morgan fingerprint density at radius 1 is 1.67 bits per heavy atom. The monoisotopic (exact) mass is 171 g/mol. The molecule has 2 N–H and O–H groups in total. The molecule has 0 aliphatic heterocycles. The van der Waals surface area contributed by atoms with E-state index in [4.69, 9.17) is 5.11 Å². The molecule has 0 fully saturated rings. The van der Waals surface area contributed by atoms with Gasteiger partial charge in [0.1, 0.15) is 0 Å². The van der Waals surface area contributed by atoms with Gasteiger partial charge in [0.25, 0.3) is 0 Å². The minimum atomic E-state index is -0.912. The molecule has 0 rings (SSSR count). The summed E-state index contributed by atoms with van der Waals surface area (Å²) in [6, 6.07) is 0.362. The highest BCUT2D eigenvalue weighted by Gasteiger charge is 1.96. The Morgan fingerprint density at radius 3 is 2.83 bits per heavy atom. The normalized spacial score (nSPS) is 13.2. The van der Waals surface area contributed by atoms with E-state index in [1.807, 2.05) is 6.92 Å². The fourth-order valence-corrected chi connectivity index (χ4v) is 0.877. The van der Waals surface area contributed by atoms with Gasteiger partial charge < -0.3 is 10.4 Å². The van der Waals surface area contributed by atoms with Crippen LogP contribution in [0.2, 0.25) is 0 Å². The van der Waals surface area contributed by atoms with E-state index in [0.29, 0.717) is 6.04 Å². The van der Waals surface area contributed by atoms with Crippen molar-refractivity contribution in [3.05, 3.63) is 12.3 Å². The van der Waals surface area contributed by atoms with Crippen LogP contribution in [0.5, 0.6) is 0 Å².